The molecule has 18 heavy (non-hydrogen) atoms. The van der Waals surface area contributed by atoms with Gasteiger partial charge in [-0.3, -0.25) is 9.52 Å². The van der Waals surface area contributed by atoms with E-state index in [1.165, 1.54) is 4.31 Å². The molecule has 1 aromatic rings. The van der Waals surface area contributed by atoms with Crippen LogP contribution in [0.1, 0.15) is 5.56 Å². The van der Waals surface area contributed by atoms with Crippen molar-refractivity contribution in [3.8, 4) is 0 Å². The SMILES string of the molecule is CN1C(=O)Cc2cc(NS(=O)(=O)N3CC3)ccc21. The van der Waals surface area contributed by atoms with Gasteiger partial charge < -0.3 is 4.90 Å². The van der Waals surface area contributed by atoms with Crippen molar-refractivity contribution in [3.05, 3.63) is 23.8 Å². The van der Waals surface area contributed by atoms with Crippen molar-refractivity contribution >= 4 is 27.5 Å². The number of carbonyl (C=O) groups excluding carboxylic acids is 1. The van der Waals surface area contributed by atoms with Crippen LogP contribution < -0.4 is 9.62 Å². The van der Waals surface area contributed by atoms with Gasteiger partial charge in [-0.2, -0.15) is 12.7 Å². The lowest BCUT2D eigenvalue weighted by atomic mass is 10.1. The summed E-state index contributed by atoms with van der Waals surface area (Å²) in [5.74, 6) is 0.0240. The fourth-order valence-corrected chi connectivity index (χ4v) is 3.14. The minimum Gasteiger partial charge on any atom is -0.315 e. The van der Waals surface area contributed by atoms with E-state index < -0.39 is 10.2 Å². The smallest absolute Gasteiger partial charge is 0.301 e. The summed E-state index contributed by atoms with van der Waals surface area (Å²) >= 11 is 0. The van der Waals surface area contributed by atoms with Crippen LogP contribution in [0.5, 0.6) is 0 Å². The number of likely N-dealkylation sites (N-methyl/N-ethyl adjacent to an activating group) is 1. The third kappa shape index (κ3) is 1.85. The lowest BCUT2D eigenvalue weighted by Gasteiger charge is -2.12. The van der Waals surface area contributed by atoms with E-state index in [2.05, 4.69) is 4.72 Å². The van der Waals surface area contributed by atoms with Crippen LogP contribution in [-0.2, 0) is 21.4 Å². The summed E-state index contributed by atoms with van der Waals surface area (Å²) < 4.78 is 27.3. The molecule has 1 fully saturated rings. The van der Waals surface area contributed by atoms with E-state index in [1.807, 2.05) is 0 Å². The number of carbonyl (C=O) groups is 1. The number of hydrogen-bond acceptors (Lipinski definition) is 3. The largest absolute Gasteiger partial charge is 0.315 e. The molecule has 7 heteroatoms. The number of rotatable bonds is 3. The van der Waals surface area contributed by atoms with Crippen LogP contribution in [0.15, 0.2) is 18.2 Å². The van der Waals surface area contributed by atoms with Crippen molar-refractivity contribution in [2.45, 2.75) is 6.42 Å². The summed E-state index contributed by atoms with van der Waals surface area (Å²) in [4.78, 5) is 13.1. The Morgan fingerprint density at radius 2 is 2.00 bits per heavy atom. The van der Waals surface area contributed by atoms with E-state index in [0.717, 1.165) is 11.3 Å². The predicted octanol–water partition coefficient (Wildman–Crippen LogP) is 0.178. The number of fused-ring (bicyclic) bond motifs is 1. The maximum Gasteiger partial charge on any atom is 0.301 e. The van der Waals surface area contributed by atoms with Gasteiger partial charge in [0.15, 0.2) is 0 Å². The second-order valence-electron chi connectivity index (χ2n) is 4.48. The Kier molecular flexibility index (Phi) is 2.36. The van der Waals surface area contributed by atoms with Crippen molar-refractivity contribution in [1.29, 1.82) is 0 Å². The van der Waals surface area contributed by atoms with Gasteiger partial charge in [0.1, 0.15) is 0 Å². The van der Waals surface area contributed by atoms with Crippen molar-refractivity contribution < 1.29 is 13.2 Å². The van der Waals surface area contributed by atoms with E-state index in [9.17, 15) is 13.2 Å². The minimum absolute atomic E-state index is 0.0240. The first-order chi connectivity index (χ1) is 8.47. The zero-order valence-corrected chi connectivity index (χ0v) is 10.7. The van der Waals surface area contributed by atoms with Crippen LogP contribution in [-0.4, -0.2) is 38.8 Å². The summed E-state index contributed by atoms with van der Waals surface area (Å²) in [6.07, 6.45) is 0.325. The van der Waals surface area contributed by atoms with Gasteiger partial charge in [0, 0.05) is 25.8 Å². The first kappa shape index (κ1) is 11.5. The lowest BCUT2D eigenvalue weighted by molar-refractivity contribution is -0.117. The van der Waals surface area contributed by atoms with E-state index in [4.69, 9.17) is 0 Å². The number of benzene rings is 1. The van der Waals surface area contributed by atoms with E-state index in [1.54, 1.807) is 30.1 Å². The fraction of sp³-hybridized carbons (Fsp3) is 0.364. The monoisotopic (exact) mass is 267 g/mol. The predicted molar refractivity (Wildman–Crippen MR) is 67.7 cm³/mol. The van der Waals surface area contributed by atoms with Gasteiger partial charge in [0.05, 0.1) is 12.1 Å². The Morgan fingerprint density at radius 3 is 2.67 bits per heavy atom. The van der Waals surface area contributed by atoms with Crippen molar-refractivity contribution in [2.75, 3.05) is 29.8 Å². The molecule has 3 rings (SSSR count). The normalized spacial score (nSPS) is 18.9. The van der Waals surface area contributed by atoms with Gasteiger partial charge in [0.25, 0.3) is 0 Å². The highest BCUT2D eigenvalue weighted by Gasteiger charge is 2.32. The number of hydrogen-bond donors (Lipinski definition) is 1. The molecule has 0 aliphatic carbocycles. The molecule has 0 radical (unpaired) electrons. The molecule has 2 aliphatic heterocycles. The molecule has 1 N–H and O–H groups in total. The molecule has 0 unspecified atom stereocenters. The molecule has 0 bridgehead atoms. The van der Waals surface area contributed by atoms with E-state index in [-0.39, 0.29) is 5.91 Å². The van der Waals surface area contributed by atoms with Gasteiger partial charge in [-0.25, -0.2) is 0 Å². The summed E-state index contributed by atoms with van der Waals surface area (Å²) in [6.45, 7) is 1.14. The molecule has 6 nitrogen and oxygen atoms in total. The molecule has 0 aromatic heterocycles. The molecule has 2 aliphatic rings. The molecule has 96 valence electrons. The fourth-order valence-electron chi connectivity index (χ4n) is 2.03. The average molecular weight is 267 g/mol. The molecule has 0 saturated carbocycles. The standard InChI is InChI=1S/C11H13N3O3S/c1-13-10-3-2-9(6-8(10)7-11(13)15)12-18(16,17)14-4-5-14/h2-3,6,12H,4-5,7H2,1H3. The van der Waals surface area contributed by atoms with Crippen LogP contribution in [0.4, 0.5) is 11.4 Å². The highest BCUT2D eigenvalue weighted by molar-refractivity contribution is 7.90. The van der Waals surface area contributed by atoms with E-state index in [0.29, 0.717) is 25.2 Å². The second-order valence-corrected chi connectivity index (χ2v) is 6.15. The Hall–Kier alpha value is -1.60. The van der Waals surface area contributed by atoms with Crippen LogP contribution in [0.25, 0.3) is 0 Å². The quantitative estimate of drug-likeness (QED) is 0.794. The maximum absolute atomic E-state index is 11.7. The van der Waals surface area contributed by atoms with Gasteiger partial charge in [-0.1, -0.05) is 0 Å². The zero-order valence-electron chi connectivity index (χ0n) is 9.88. The molecule has 0 spiro atoms. The van der Waals surface area contributed by atoms with Crippen molar-refractivity contribution in [3.63, 3.8) is 0 Å². The summed E-state index contributed by atoms with van der Waals surface area (Å²) in [5, 5.41) is 0. The average Bonchev–Trinajstić information content (AvgIpc) is 3.08. The Morgan fingerprint density at radius 1 is 1.28 bits per heavy atom. The summed E-state index contributed by atoms with van der Waals surface area (Å²) in [7, 11) is -1.68. The Bertz CT molecular complexity index is 622. The second kappa shape index (κ2) is 3.69. The highest BCUT2D eigenvalue weighted by Crippen LogP contribution is 2.30. The molecular formula is C11H13N3O3S. The summed E-state index contributed by atoms with van der Waals surface area (Å²) in [5.41, 5.74) is 2.20. The third-order valence-corrected chi connectivity index (χ3v) is 4.69. The highest BCUT2D eigenvalue weighted by atomic mass is 32.2. The van der Waals surface area contributed by atoms with Crippen LogP contribution >= 0.6 is 0 Å². The van der Waals surface area contributed by atoms with Crippen LogP contribution in [0, 0.1) is 0 Å². The van der Waals surface area contributed by atoms with Gasteiger partial charge in [-0.15, -0.1) is 0 Å². The zero-order chi connectivity index (χ0) is 12.9. The number of anilines is 2. The van der Waals surface area contributed by atoms with Gasteiger partial charge in [-0.05, 0) is 23.8 Å². The van der Waals surface area contributed by atoms with Crippen LogP contribution in [0.2, 0.25) is 0 Å². The maximum atomic E-state index is 11.7. The number of nitrogens with one attached hydrogen (secondary N) is 1. The van der Waals surface area contributed by atoms with Crippen LogP contribution in [0.3, 0.4) is 0 Å². The molecule has 1 amide bonds. The Labute approximate surface area is 105 Å². The first-order valence-corrected chi connectivity index (χ1v) is 7.09. The third-order valence-electron chi connectivity index (χ3n) is 3.15. The summed E-state index contributed by atoms with van der Waals surface area (Å²) in [6, 6.07) is 5.16. The van der Waals surface area contributed by atoms with Crippen molar-refractivity contribution in [2.24, 2.45) is 0 Å². The molecule has 1 aromatic carbocycles. The molecule has 2 heterocycles. The minimum atomic E-state index is -3.40. The van der Waals surface area contributed by atoms with Crippen molar-refractivity contribution in [1.82, 2.24) is 4.31 Å². The molecule has 0 atom stereocenters. The van der Waals surface area contributed by atoms with E-state index >= 15 is 0 Å². The molecule has 1 saturated heterocycles. The number of nitrogens with zero attached hydrogens (tertiary/aromatic N) is 2. The topological polar surface area (TPSA) is 69.5 Å². The Balaban J connectivity index is 1.88. The first-order valence-electron chi connectivity index (χ1n) is 5.65. The number of amides is 1. The molecular weight excluding hydrogens is 254 g/mol. The van der Waals surface area contributed by atoms with Gasteiger partial charge in [0.2, 0.25) is 5.91 Å². The van der Waals surface area contributed by atoms with Gasteiger partial charge >= 0.3 is 10.2 Å². The lowest BCUT2D eigenvalue weighted by Crippen LogP contribution is -2.21.